The SMILES string of the molecule is COc1nc2[nH]cc(F)c2cc1Oc1cc(N2CCC3(CC2)CC(N2CCN(Cc4ccnc5c4NC4CC4O5)C[C@H]2c2ccccc2C(C)C)C3)ccc1C(=O)NS(=O)(=O)c1cnc(NCC2CCC(C)(O)CC2)c([N+](=O)[O-])c1. The number of anilines is 3. The standard InChI is InChI=1S/C58H68FN11O9S/c1-34(2)40-7-5-6-8-41(40)47-33-67(32-36-13-18-60-56-51(36)64-45-26-49(45)79-56)21-22-69(47)38-27-58(28-38)16-19-68(20-17-58)37-9-10-42(48(23-37)78-50-25-43-44(59)31-63-52(43)65-55(50)77-4)54(71)66-80(75,76)39-24-46(70(73)74)53(62-30-39)61-29-35-11-14-57(3,72)15-12-35/h5-10,13,18,23-25,30-31,34-35,38,45,47,49,64,72H,11-12,14-17,19-22,26-29,32-33H2,1-4H3,(H,61,62)(H,63,65)(H,66,71)/t35?,45?,47-,49?,57?/m0/s1. The largest absolute Gasteiger partial charge is 0.478 e. The van der Waals surface area contributed by atoms with Crippen molar-refractivity contribution < 1.29 is 41.8 Å². The molecule has 1 amide bonds. The highest BCUT2D eigenvalue weighted by Gasteiger charge is 2.51. The number of methoxy groups -OCH3 is 1. The van der Waals surface area contributed by atoms with E-state index in [1.54, 1.807) is 19.1 Å². The Morgan fingerprint density at radius 3 is 2.58 bits per heavy atom. The minimum atomic E-state index is -4.75. The minimum absolute atomic E-state index is 0.0159. The Bertz CT molecular complexity index is 3460. The molecule has 0 bridgehead atoms. The Morgan fingerprint density at radius 1 is 1.02 bits per heavy atom. The topological polar surface area (TPSA) is 243 Å². The van der Waals surface area contributed by atoms with Gasteiger partial charge in [0.05, 0.1) is 40.8 Å². The highest BCUT2D eigenvalue weighted by Crippen LogP contribution is 2.54. The zero-order valence-corrected chi connectivity index (χ0v) is 46.2. The highest BCUT2D eigenvalue weighted by molar-refractivity contribution is 7.90. The van der Waals surface area contributed by atoms with Crippen molar-refractivity contribution >= 4 is 49.8 Å². The Kier molecular flexibility index (Phi) is 14.1. The first-order valence-corrected chi connectivity index (χ1v) is 29.3. The average molecular weight is 1110 g/mol. The summed E-state index contributed by atoms with van der Waals surface area (Å²) in [5.41, 5.74) is 4.59. The van der Waals surface area contributed by atoms with Gasteiger partial charge < -0.3 is 39.8 Å². The van der Waals surface area contributed by atoms with Crippen LogP contribution in [0.15, 0.2) is 84.1 Å². The molecule has 3 aliphatic heterocycles. The van der Waals surface area contributed by atoms with Gasteiger partial charge in [-0.05, 0) is 110 Å². The van der Waals surface area contributed by atoms with Crippen molar-refractivity contribution in [1.29, 1.82) is 0 Å². The summed E-state index contributed by atoms with van der Waals surface area (Å²) in [6.07, 6.45) is 11.9. The maximum Gasteiger partial charge on any atom is 0.312 e. The molecule has 3 saturated carbocycles. The second-order valence-corrected chi connectivity index (χ2v) is 25.2. The highest BCUT2D eigenvalue weighted by atomic mass is 32.2. The van der Waals surface area contributed by atoms with E-state index in [9.17, 15) is 32.8 Å². The van der Waals surface area contributed by atoms with Crippen LogP contribution in [0.2, 0.25) is 0 Å². The van der Waals surface area contributed by atoms with Gasteiger partial charge in [-0.25, -0.2) is 27.5 Å². The van der Waals surface area contributed by atoms with Crippen LogP contribution in [0.3, 0.4) is 0 Å². The quantitative estimate of drug-likeness (QED) is 0.0448. The minimum Gasteiger partial charge on any atom is -0.478 e. The molecule has 20 nitrogen and oxygen atoms in total. The molecule has 6 aromatic rings. The molecule has 22 heteroatoms. The summed E-state index contributed by atoms with van der Waals surface area (Å²) in [5, 5.41) is 29.4. The maximum absolute atomic E-state index is 15.0. The van der Waals surface area contributed by atoms with Crippen molar-refractivity contribution in [3.05, 3.63) is 117 Å². The molecule has 2 aromatic carbocycles. The second-order valence-electron chi connectivity index (χ2n) is 23.5. The Hall–Kier alpha value is -7.14. The lowest BCUT2D eigenvalue weighted by atomic mass is 9.59. The molecule has 80 heavy (non-hydrogen) atoms. The van der Waals surface area contributed by atoms with Gasteiger partial charge in [0.25, 0.3) is 21.8 Å². The van der Waals surface area contributed by atoms with Gasteiger partial charge in [-0.15, -0.1) is 0 Å². The van der Waals surface area contributed by atoms with Crippen LogP contribution >= 0.6 is 0 Å². The van der Waals surface area contributed by atoms with Crippen LogP contribution in [0, 0.1) is 27.3 Å². The number of amides is 1. The molecular formula is C58H68FN11O9S. The van der Waals surface area contributed by atoms with Crippen molar-refractivity contribution in [3.8, 4) is 23.3 Å². The first-order valence-electron chi connectivity index (χ1n) is 27.9. The first kappa shape index (κ1) is 53.5. The van der Waals surface area contributed by atoms with E-state index in [0.717, 1.165) is 101 Å². The van der Waals surface area contributed by atoms with E-state index in [0.29, 0.717) is 56.1 Å². The number of pyridine rings is 3. The predicted octanol–water partition coefficient (Wildman–Crippen LogP) is 9.05. The fourth-order valence-electron chi connectivity index (χ4n) is 12.9. The number of hydrogen-bond donors (Lipinski definition) is 5. The molecule has 5 N–H and O–H groups in total. The number of nitrogens with one attached hydrogen (secondary N) is 4. The number of aromatic nitrogens is 4. The third-order valence-electron chi connectivity index (χ3n) is 17.7. The number of sulfonamides is 1. The zero-order chi connectivity index (χ0) is 55.7. The van der Waals surface area contributed by atoms with E-state index >= 15 is 0 Å². The zero-order valence-electron chi connectivity index (χ0n) is 45.4. The summed E-state index contributed by atoms with van der Waals surface area (Å²) in [6, 6.07) is 19.2. The number of hydrogen-bond acceptors (Lipinski definition) is 17. The van der Waals surface area contributed by atoms with Crippen molar-refractivity contribution in [1.82, 2.24) is 34.5 Å². The lowest BCUT2D eigenvalue weighted by molar-refractivity contribution is -0.384. The van der Waals surface area contributed by atoms with Crippen LogP contribution in [0.1, 0.15) is 118 Å². The summed E-state index contributed by atoms with van der Waals surface area (Å²) < 4.78 is 62.9. The number of aliphatic hydroxyl groups is 1. The van der Waals surface area contributed by atoms with E-state index in [2.05, 4.69) is 94.2 Å². The van der Waals surface area contributed by atoms with E-state index in [1.807, 2.05) is 6.20 Å². The van der Waals surface area contributed by atoms with Crippen molar-refractivity contribution in [2.75, 3.05) is 61.9 Å². The van der Waals surface area contributed by atoms with Crippen molar-refractivity contribution in [2.24, 2.45) is 11.3 Å². The number of benzene rings is 2. The molecule has 0 radical (unpaired) electrons. The number of H-pyrrole nitrogens is 1. The number of piperazine rings is 1. The number of rotatable bonds is 16. The van der Waals surface area contributed by atoms with Crippen LogP contribution in [0.4, 0.5) is 27.3 Å². The van der Waals surface area contributed by atoms with Crippen LogP contribution in [0.5, 0.6) is 23.3 Å². The second kappa shape index (κ2) is 21.1. The number of fused-ring (bicyclic) bond motifs is 3. The van der Waals surface area contributed by atoms with E-state index in [4.69, 9.17) is 14.2 Å². The summed E-state index contributed by atoms with van der Waals surface area (Å²) in [6.45, 7) is 11.7. The molecule has 2 saturated heterocycles. The summed E-state index contributed by atoms with van der Waals surface area (Å²) in [5.74, 6) is -0.676. The molecule has 1 spiro atoms. The number of nitrogens with zero attached hydrogens (tertiary/aromatic N) is 7. The number of ether oxygens (including phenoxy) is 3. The van der Waals surface area contributed by atoms with Gasteiger partial charge in [-0.2, -0.15) is 4.98 Å². The molecular weight excluding hydrogens is 1050 g/mol. The van der Waals surface area contributed by atoms with E-state index < -0.39 is 42.9 Å². The Labute approximate surface area is 464 Å². The van der Waals surface area contributed by atoms with Gasteiger partial charge in [-0.1, -0.05) is 38.1 Å². The monoisotopic (exact) mass is 1110 g/mol. The third-order valence-corrected chi connectivity index (χ3v) is 19.0. The average Bonchev–Trinajstić information content (AvgIpc) is 3.99. The van der Waals surface area contributed by atoms with Crippen LogP contribution in [0.25, 0.3) is 11.0 Å². The Morgan fingerprint density at radius 2 is 1.81 bits per heavy atom. The normalized spacial score (nSPS) is 23.8. The number of carbonyl (C=O) groups is 1. The molecule has 7 heterocycles. The summed E-state index contributed by atoms with van der Waals surface area (Å²) in [7, 11) is -3.38. The molecule has 12 rings (SSSR count). The molecule has 422 valence electrons. The fourth-order valence-corrected chi connectivity index (χ4v) is 13.8. The molecule has 6 aliphatic rings. The van der Waals surface area contributed by atoms with Crippen molar-refractivity contribution in [3.63, 3.8) is 0 Å². The van der Waals surface area contributed by atoms with Gasteiger partial charge in [0.1, 0.15) is 33.9 Å². The number of piperidine rings is 1. The lowest BCUT2D eigenvalue weighted by Gasteiger charge is -2.58. The molecule has 3 atom stereocenters. The van der Waals surface area contributed by atoms with Gasteiger partial charge in [0.15, 0.2) is 5.75 Å². The molecule has 3 aliphatic carbocycles. The number of nitro groups is 1. The predicted molar refractivity (Wildman–Crippen MR) is 299 cm³/mol. The first-order chi connectivity index (χ1) is 38.4. The third kappa shape index (κ3) is 10.7. The van der Waals surface area contributed by atoms with Crippen LogP contribution < -0.4 is 34.5 Å². The lowest BCUT2D eigenvalue weighted by Crippen LogP contribution is -2.60. The van der Waals surface area contributed by atoms with Crippen molar-refractivity contribution in [2.45, 2.75) is 126 Å². The van der Waals surface area contributed by atoms with Crippen LogP contribution in [-0.4, -0.2) is 124 Å². The maximum atomic E-state index is 15.0. The summed E-state index contributed by atoms with van der Waals surface area (Å²) in [4.78, 5) is 48.6. The van der Waals surface area contributed by atoms with E-state index in [-0.39, 0.29) is 63.3 Å². The van der Waals surface area contributed by atoms with Gasteiger partial charge in [0.2, 0.25) is 11.7 Å². The number of halogens is 1. The summed E-state index contributed by atoms with van der Waals surface area (Å²) >= 11 is 0. The fraction of sp³-hybridized carbons (Fsp3) is 0.483. The molecule has 2 unspecified atom stereocenters. The molecule has 4 aromatic heterocycles. The Balaban J connectivity index is 0.755. The molecule has 5 fully saturated rings. The van der Waals surface area contributed by atoms with Gasteiger partial charge in [-0.3, -0.25) is 24.7 Å². The van der Waals surface area contributed by atoms with Gasteiger partial charge >= 0.3 is 5.69 Å². The number of carbonyl (C=O) groups excluding carboxylic acids is 1. The van der Waals surface area contributed by atoms with Crippen LogP contribution in [-0.2, 0) is 16.6 Å². The number of aromatic amines is 1. The van der Waals surface area contributed by atoms with Gasteiger partial charge in [0, 0.05) is 101 Å². The smallest absolute Gasteiger partial charge is 0.312 e. The van der Waals surface area contributed by atoms with E-state index in [1.165, 1.54) is 35.9 Å².